The van der Waals surface area contributed by atoms with E-state index in [2.05, 4.69) is 11.4 Å². The molecular formula is C19H26N2O3. The molecular weight excluding hydrogens is 304 g/mol. The van der Waals surface area contributed by atoms with Crippen LogP contribution < -0.4 is 10.1 Å². The summed E-state index contributed by atoms with van der Waals surface area (Å²) < 4.78 is 11.0. The number of nitrogens with one attached hydrogen (secondary N) is 1. The van der Waals surface area contributed by atoms with Gasteiger partial charge in [-0.05, 0) is 55.7 Å². The molecule has 1 heterocycles. The van der Waals surface area contributed by atoms with Crippen LogP contribution in [0.25, 0.3) is 0 Å². The smallest absolute Gasteiger partial charge is 0.322 e. The van der Waals surface area contributed by atoms with Crippen molar-refractivity contribution in [3.05, 3.63) is 23.3 Å². The first-order valence-corrected chi connectivity index (χ1v) is 9.10. The molecule has 130 valence electrons. The molecule has 1 aromatic carbocycles. The fourth-order valence-electron chi connectivity index (χ4n) is 3.92. The molecule has 0 radical (unpaired) electrons. The first-order chi connectivity index (χ1) is 11.8. The number of ether oxygens (including phenoxy) is 2. The normalized spacial score (nSPS) is 22.3. The van der Waals surface area contributed by atoms with Crippen molar-refractivity contribution in [2.24, 2.45) is 5.92 Å². The van der Waals surface area contributed by atoms with E-state index in [1.54, 1.807) is 7.11 Å². The maximum atomic E-state index is 13.0. The molecule has 1 N–H and O–H groups in total. The Hall–Kier alpha value is -1.75. The number of amides is 2. The van der Waals surface area contributed by atoms with Crippen molar-refractivity contribution in [1.29, 1.82) is 0 Å². The predicted octanol–water partition coefficient (Wildman–Crippen LogP) is 3.22. The Kier molecular flexibility index (Phi) is 4.35. The average Bonchev–Trinajstić information content (AvgIpc) is 3.10. The van der Waals surface area contributed by atoms with Crippen LogP contribution in [0.15, 0.2) is 12.1 Å². The molecule has 1 aromatic rings. The van der Waals surface area contributed by atoms with Crippen LogP contribution in [0.2, 0.25) is 0 Å². The van der Waals surface area contributed by atoms with Gasteiger partial charge >= 0.3 is 6.03 Å². The molecule has 2 amide bonds. The van der Waals surface area contributed by atoms with Gasteiger partial charge in [0.05, 0.1) is 19.4 Å². The summed E-state index contributed by atoms with van der Waals surface area (Å²) in [5.74, 6) is 1.24. The third kappa shape index (κ3) is 3.09. The third-order valence-electron chi connectivity index (χ3n) is 5.42. The fraction of sp³-hybridized carbons (Fsp3) is 0.632. The molecule has 3 aliphatic rings. The Morgan fingerprint density at radius 3 is 2.92 bits per heavy atom. The molecule has 0 aromatic heterocycles. The summed E-state index contributed by atoms with van der Waals surface area (Å²) in [6, 6.07) is 4.52. The molecule has 5 nitrogen and oxygen atoms in total. The summed E-state index contributed by atoms with van der Waals surface area (Å²) in [5.41, 5.74) is 3.47. The minimum absolute atomic E-state index is 0.0167. The van der Waals surface area contributed by atoms with Crippen LogP contribution in [0, 0.1) is 5.92 Å². The monoisotopic (exact) mass is 330 g/mol. The molecule has 1 saturated carbocycles. The number of aryl methyl sites for hydroxylation is 1. The summed E-state index contributed by atoms with van der Waals surface area (Å²) in [6.07, 6.45) is 6.55. The highest BCUT2D eigenvalue weighted by Crippen LogP contribution is 2.37. The number of methoxy groups -OCH3 is 1. The number of hydrogen-bond donors (Lipinski definition) is 1. The zero-order chi connectivity index (χ0) is 16.5. The predicted molar refractivity (Wildman–Crippen MR) is 92.7 cm³/mol. The average molecular weight is 330 g/mol. The van der Waals surface area contributed by atoms with Crippen LogP contribution in [0.4, 0.5) is 10.5 Å². The minimum Gasteiger partial charge on any atom is -0.495 e. The van der Waals surface area contributed by atoms with Crippen molar-refractivity contribution < 1.29 is 14.3 Å². The summed E-state index contributed by atoms with van der Waals surface area (Å²) in [4.78, 5) is 15.0. The molecule has 0 bridgehead atoms. The van der Waals surface area contributed by atoms with Gasteiger partial charge in [0.25, 0.3) is 0 Å². The number of benzene rings is 1. The van der Waals surface area contributed by atoms with Crippen LogP contribution in [0.3, 0.4) is 0 Å². The number of carbonyl (C=O) groups is 1. The first-order valence-electron chi connectivity index (χ1n) is 9.10. The number of carbonyl (C=O) groups excluding carboxylic acids is 1. The lowest BCUT2D eigenvalue weighted by Crippen LogP contribution is -2.40. The van der Waals surface area contributed by atoms with E-state index in [1.165, 1.54) is 11.1 Å². The van der Waals surface area contributed by atoms with E-state index >= 15 is 0 Å². The van der Waals surface area contributed by atoms with Crippen molar-refractivity contribution in [2.75, 3.05) is 32.2 Å². The second-order valence-corrected chi connectivity index (χ2v) is 7.18. The zero-order valence-electron chi connectivity index (χ0n) is 14.3. The molecule has 1 atom stereocenters. The third-order valence-corrected chi connectivity index (χ3v) is 5.42. The van der Waals surface area contributed by atoms with Gasteiger partial charge in [0, 0.05) is 25.1 Å². The lowest BCUT2D eigenvalue weighted by atomic mass is 10.1. The molecule has 0 unspecified atom stereocenters. The van der Waals surface area contributed by atoms with E-state index in [0.717, 1.165) is 69.7 Å². The van der Waals surface area contributed by atoms with Gasteiger partial charge in [-0.15, -0.1) is 0 Å². The zero-order valence-corrected chi connectivity index (χ0v) is 14.3. The molecule has 1 aliphatic heterocycles. The number of fused-ring (bicyclic) bond motifs is 1. The topological polar surface area (TPSA) is 50.8 Å². The Morgan fingerprint density at radius 2 is 2.21 bits per heavy atom. The van der Waals surface area contributed by atoms with Crippen LogP contribution in [0.5, 0.6) is 5.75 Å². The van der Waals surface area contributed by atoms with Gasteiger partial charge in [0.1, 0.15) is 5.75 Å². The molecule has 1 saturated heterocycles. The number of urea groups is 1. The largest absolute Gasteiger partial charge is 0.495 e. The molecule has 5 heteroatoms. The van der Waals surface area contributed by atoms with Crippen molar-refractivity contribution in [1.82, 2.24) is 4.90 Å². The number of anilines is 1. The number of rotatable bonds is 5. The Bertz CT molecular complexity index is 621. The SMILES string of the molecule is COc1ccc2c(c1NC(=O)N(C[C@@H]1CCOC1)C1CC1)CCC2. The number of nitrogens with zero attached hydrogens (tertiary/aromatic N) is 1. The maximum absolute atomic E-state index is 13.0. The van der Waals surface area contributed by atoms with Crippen molar-refractivity contribution in [2.45, 2.75) is 44.6 Å². The minimum atomic E-state index is 0.0167. The van der Waals surface area contributed by atoms with E-state index in [1.807, 2.05) is 11.0 Å². The lowest BCUT2D eigenvalue weighted by Gasteiger charge is -2.26. The Balaban J connectivity index is 1.53. The number of hydrogen-bond acceptors (Lipinski definition) is 3. The maximum Gasteiger partial charge on any atom is 0.322 e. The van der Waals surface area contributed by atoms with Crippen molar-refractivity contribution in [3.63, 3.8) is 0 Å². The van der Waals surface area contributed by atoms with E-state index in [-0.39, 0.29) is 6.03 Å². The summed E-state index contributed by atoms with van der Waals surface area (Å²) in [5, 5.41) is 3.18. The standard InChI is InChI=1S/C19H26N2O3/c1-23-17-8-5-14-3-2-4-16(14)18(17)20-19(22)21(15-6-7-15)11-13-9-10-24-12-13/h5,8,13,15H,2-4,6-7,9-12H2,1H3,(H,20,22)/t13-/m0/s1. The summed E-state index contributed by atoms with van der Waals surface area (Å²) in [7, 11) is 1.67. The van der Waals surface area contributed by atoms with E-state index < -0.39 is 0 Å². The van der Waals surface area contributed by atoms with Gasteiger partial charge in [-0.3, -0.25) is 0 Å². The Labute approximate surface area is 143 Å². The second-order valence-electron chi connectivity index (χ2n) is 7.18. The first kappa shape index (κ1) is 15.8. The van der Waals surface area contributed by atoms with Gasteiger partial charge in [-0.25, -0.2) is 4.79 Å². The van der Waals surface area contributed by atoms with Crippen LogP contribution >= 0.6 is 0 Å². The fourth-order valence-corrected chi connectivity index (χ4v) is 3.92. The molecule has 2 aliphatic carbocycles. The van der Waals surface area contributed by atoms with Gasteiger partial charge < -0.3 is 19.7 Å². The molecule has 24 heavy (non-hydrogen) atoms. The van der Waals surface area contributed by atoms with Crippen LogP contribution in [-0.2, 0) is 17.6 Å². The van der Waals surface area contributed by atoms with E-state index in [9.17, 15) is 4.79 Å². The van der Waals surface area contributed by atoms with Gasteiger partial charge in [-0.1, -0.05) is 6.07 Å². The summed E-state index contributed by atoms with van der Waals surface area (Å²) >= 11 is 0. The van der Waals surface area contributed by atoms with Crippen molar-refractivity contribution >= 4 is 11.7 Å². The van der Waals surface area contributed by atoms with Gasteiger partial charge in [0.2, 0.25) is 0 Å². The van der Waals surface area contributed by atoms with Gasteiger partial charge in [0.15, 0.2) is 0 Å². The molecule has 4 rings (SSSR count). The molecule has 0 spiro atoms. The summed E-state index contributed by atoms with van der Waals surface area (Å²) in [6.45, 7) is 2.40. The van der Waals surface area contributed by atoms with Gasteiger partial charge in [-0.2, -0.15) is 0 Å². The highest BCUT2D eigenvalue weighted by Gasteiger charge is 2.35. The quantitative estimate of drug-likeness (QED) is 0.902. The van der Waals surface area contributed by atoms with Crippen LogP contribution in [-0.4, -0.2) is 43.8 Å². The van der Waals surface area contributed by atoms with E-state index in [0.29, 0.717) is 12.0 Å². The lowest BCUT2D eigenvalue weighted by molar-refractivity contribution is 0.167. The van der Waals surface area contributed by atoms with E-state index in [4.69, 9.17) is 9.47 Å². The van der Waals surface area contributed by atoms with Crippen molar-refractivity contribution in [3.8, 4) is 5.75 Å². The molecule has 2 fully saturated rings. The Morgan fingerprint density at radius 1 is 1.33 bits per heavy atom. The highest BCUT2D eigenvalue weighted by atomic mass is 16.5. The highest BCUT2D eigenvalue weighted by molar-refractivity contribution is 5.93. The second kappa shape index (κ2) is 6.63. The van der Waals surface area contributed by atoms with Crippen LogP contribution in [0.1, 0.15) is 36.8 Å².